The zero-order valence-corrected chi connectivity index (χ0v) is 10.4. The predicted molar refractivity (Wildman–Crippen MR) is 65.5 cm³/mol. The number of rotatable bonds is 7. The van der Waals surface area contributed by atoms with Gasteiger partial charge in [0.25, 0.3) is 0 Å². The Hall–Kier alpha value is -0.570. The lowest BCUT2D eigenvalue weighted by molar-refractivity contribution is -0.144. The van der Waals surface area contributed by atoms with Crippen molar-refractivity contribution in [3.8, 4) is 0 Å². The monoisotopic (exact) mass is 227 g/mol. The van der Waals surface area contributed by atoms with Gasteiger partial charge in [-0.2, -0.15) is 0 Å². The van der Waals surface area contributed by atoms with Gasteiger partial charge in [-0.1, -0.05) is 32.6 Å². The third kappa shape index (κ3) is 4.52. The highest BCUT2D eigenvalue weighted by Gasteiger charge is 2.29. The van der Waals surface area contributed by atoms with E-state index in [2.05, 4.69) is 12.2 Å². The summed E-state index contributed by atoms with van der Waals surface area (Å²) in [5.41, 5.74) is 0. The van der Waals surface area contributed by atoms with E-state index in [9.17, 15) is 4.79 Å². The van der Waals surface area contributed by atoms with Crippen molar-refractivity contribution >= 4 is 5.97 Å². The fraction of sp³-hybridized carbons (Fsp3) is 0.923. The van der Waals surface area contributed by atoms with Crippen LogP contribution in [-0.4, -0.2) is 24.2 Å². The van der Waals surface area contributed by atoms with E-state index in [-0.39, 0.29) is 5.92 Å². The Kier molecular flexibility index (Phi) is 6.46. The molecule has 1 saturated carbocycles. The largest absolute Gasteiger partial charge is 0.481 e. The maximum atomic E-state index is 11.1. The zero-order chi connectivity index (χ0) is 11.8. The zero-order valence-electron chi connectivity index (χ0n) is 10.4. The molecular formula is C13H25NO2. The number of nitrogens with one attached hydrogen (secondary N) is 1. The SMILES string of the molecule is CCCCCNCC1CCCCC1C(=O)O. The highest BCUT2D eigenvalue weighted by atomic mass is 16.4. The first-order valence-electron chi connectivity index (χ1n) is 6.69. The number of carbonyl (C=O) groups is 1. The van der Waals surface area contributed by atoms with Crippen LogP contribution in [0.4, 0.5) is 0 Å². The van der Waals surface area contributed by atoms with Gasteiger partial charge in [0, 0.05) is 0 Å². The van der Waals surface area contributed by atoms with E-state index in [4.69, 9.17) is 5.11 Å². The van der Waals surface area contributed by atoms with Crippen molar-refractivity contribution < 1.29 is 9.90 Å². The van der Waals surface area contributed by atoms with Crippen LogP contribution < -0.4 is 5.32 Å². The maximum absolute atomic E-state index is 11.1. The van der Waals surface area contributed by atoms with Crippen LogP contribution >= 0.6 is 0 Å². The van der Waals surface area contributed by atoms with Crippen molar-refractivity contribution in [3.05, 3.63) is 0 Å². The summed E-state index contributed by atoms with van der Waals surface area (Å²) in [6, 6.07) is 0. The quantitative estimate of drug-likeness (QED) is 0.657. The molecular weight excluding hydrogens is 202 g/mol. The van der Waals surface area contributed by atoms with E-state index in [1.54, 1.807) is 0 Å². The predicted octanol–water partition coefficient (Wildman–Crippen LogP) is 2.66. The minimum Gasteiger partial charge on any atom is -0.481 e. The minimum atomic E-state index is -0.597. The van der Waals surface area contributed by atoms with E-state index >= 15 is 0 Å². The molecule has 1 aliphatic rings. The summed E-state index contributed by atoms with van der Waals surface area (Å²) in [6.45, 7) is 4.12. The first-order valence-corrected chi connectivity index (χ1v) is 6.69. The lowest BCUT2D eigenvalue weighted by Gasteiger charge is -2.28. The van der Waals surface area contributed by atoms with Crippen LogP contribution in [0.5, 0.6) is 0 Å². The van der Waals surface area contributed by atoms with Gasteiger partial charge >= 0.3 is 5.97 Å². The van der Waals surface area contributed by atoms with Gasteiger partial charge in [-0.3, -0.25) is 4.79 Å². The Bertz CT molecular complexity index is 206. The number of unbranched alkanes of at least 4 members (excludes halogenated alkanes) is 2. The Morgan fingerprint density at radius 3 is 2.75 bits per heavy atom. The molecule has 0 saturated heterocycles. The Morgan fingerprint density at radius 2 is 2.06 bits per heavy atom. The standard InChI is InChI=1S/C13H25NO2/c1-2-3-6-9-14-10-11-7-4-5-8-12(11)13(15)16/h11-12,14H,2-10H2,1H3,(H,15,16). The smallest absolute Gasteiger partial charge is 0.306 e. The number of hydrogen-bond acceptors (Lipinski definition) is 2. The molecule has 3 heteroatoms. The molecule has 0 spiro atoms. The first kappa shape index (κ1) is 13.5. The lowest BCUT2D eigenvalue weighted by Crippen LogP contribution is -2.35. The molecule has 2 unspecified atom stereocenters. The van der Waals surface area contributed by atoms with Gasteiger partial charge in [0.1, 0.15) is 0 Å². The molecule has 3 nitrogen and oxygen atoms in total. The molecule has 0 heterocycles. The first-order chi connectivity index (χ1) is 7.75. The summed E-state index contributed by atoms with van der Waals surface area (Å²) in [6.07, 6.45) is 7.95. The minimum absolute atomic E-state index is 0.104. The van der Waals surface area contributed by atoms with Gasteiger partial charge in [0.05, 0.1) is 5.92 Å². The average molecular weight is 227 g/mol. The van der Waals surface area contributed by atoms with Crippen molar-refractivity contribution in [2.24, 2.45) is 11.8 Å². The molecule has 16 heavy (non-hydrogen) atoms. The molecule has 94 valence electrons. The van der Waals surface area contributed by atoms with Gasteiger partial charge in [-0.05, 0) is 38.3 Å². The fourth-order valence-corrected chi connectivity index (χ4v) is 2.56. The van der Waals surface area contributed by atoms with Crippen LogP contribution in [0, 0.1) is 11.8 Å². The lowest BCUT2D eigenvalue weighted by atomic mass is 9.79. The fourth-order valence-electron chi connectivity index (χ4n) is 2.56. The molecule has 1 rings (SSSR count). The summed E-state index contributed by atoms with van der Waals surface area (Å²) in [5.74, 6) is -0.347. The molecule has 0 amide bonds. The maximum Gasteiger partial charge on any atom is 0.306 e. The second-order valence-corrected chi connectivity index (χ2v) is 4.90. The number of aliphatic carboxylic acids is 1. The van der Waals surface area contributed by atoms with Crippen molar-refractivity contribution in [1.29, 1.82) is 0 Å². The summed E-state index contributed by atoms with van der Waals surface area (Å²) in [5, 5.41) is 12.5. The van der Waals surface area contributed by atoms with Crippen LogP contribution in [0.2, 0.25) is 0 Å². The second-order valence-electron chi connectivity index (χ2n) is 4.90. The van der Waals surface area contributed by atoms with Crippen molar-refractivity contribution in [3.63, 3.8) is 0 Å². The molecule has 0 aromatic heterocycles. The van der Waals surface area contributed by atoms with Gasteiger partial charge in [-0.15, -0.1) is 0 Å². The molecule has 2 atom stereocenters. The summed E-state index contributed by atoms with van der Waals surface area (Å²) in [4.78, 5) is 11.1. The molecule has 1 aliphatic carbocycles. The van der Waals surface area contributed by atoms with Crippen LogP contribution in [-0.2, 0) is 4.79 Å². The molecule has 0 aromatic carbocycles. The average Bonchev–Trinajstić information content (AvgIpc) is 2.29. The third-order valence-electron chi connectivity index (χ3n) is 3.59. The molecule has 0 aliphatic heterocycles. The number of carboxylic acids is 1. The van der Waals surface area contributed by atoms with Crippen molar-refractivity contribution in [2.75, 3.05) is 13.1 Å². The molecule has 0 radical (unpaired) electrons. The van der Waals surface area contributed by atoms with E-state index in [1.807, 2.05) is 0 Å². The van der Waals surface area contributed by atoms with Crippen molar-refractivity contribution in [2.45, 2.75) is 51.9 Å². The van der Waals surface area contributed by atoms with E-state index in [1.165, 1.54) is 25.7 Å². The van der Waals surface area contributed by atoms with Crippen LogP contribution in [0.15, 0.2) is 0 Å². The summed E-state index contributed by atoms with van der Waals surface area (Å²) in [7, 11) is 0. The van der Waals surface area contributed by atoms with E-state index in [0.717, 1.165) is 32.4 Å². The van der Waals surface area contributed by atoms with Crippen LogP contribution in [0.1, 0.15) is 51.9 Å². The highest BCUT2D eigenvalue weighted by Crippen LogP contribution is 2.29. The van der Waals surface area contributed by atoms with E-state index < -0.39 is 5.97 Å². The Morgan fingerprint density at radius 1 is 1.31 bits per heavy atom. The number of hydrogen-bond donors (Lipinski definition) is 2. The van der Waals surface area contributed by atoms with Gasteiger partial charge < -0.3 is 10.4 Å². The molecule has 0 aromatic rings. The van der Waals surface area contributed by atoms with Crippen LogP contribution in [0.3, 0.4) is 0 Å². The third-order valence-corrected chi connectivity index (χ3v) is 3.59. The topological polar surface area (TPSA) is 49.3 Å². The molecule has 1 fully saturated rings. The summed E-state index contributed by atoms with van der Waals surface area (Å²) >= 11 is 0. The molecule has 2 N–H and O–H groups in total. The van der Waals surface area contributed by atoms with Gasteiger partial charge in [0.15, 0.2) is 0 Å². The van der Waals surface area contributed by atoms with Crippen LogP contribution in [0.25, 0.3) is 0 Å². The molecule has 0 bridgehead atoms. The second kappa shape index (κ2) is 7.66. The normalized spacial score (nSPS) is 25.6. The van der Waals surface area contributed by atoms with E-state index in [0.29, 0.717) is 5.92 Å². The van der Waals surface area contributed by atoms with Gasteiger partial charge in [-0.25, -0.2) is 0 Å². The van der Waals surface area contributed by atoms with Gasteiger partial charge in [0.2, 0.25) is 0 Å². The highest BCUT2D eigenvalue weighted by molar-refractivity contribution is 5.70. The Balaban J connectivity index is 2.19. The summed E-state index contributed by atoms with van der Waals surface area (Å²) < 4.78 is 0. The van der Waals surface area contributed by atoms with Crippen molar-refractivity contribution in [1.82, 2.24) is 5.32 Å². The number of carboxylic acid groups (broad SMARTS) is 1. The Labute approximate surface area is 98.6 Å².